The standard InChI is InChI=1S/C10H8ClN3O/c1-7(15)9-6-8(11)2-3-10(9)14-12-4-5-13-14/h2-6H,1H3. The summed E-state index contributed by atoms with van der Waals surface area (Å²) in [5.74, 6) is -0.0650. The van der Waals surface area contributed by atoms with E-state index in [-0.39, 0.29) is 5.78 Å². The van der Waals surface area contributed by atoms with E-state index in [1.54, 1.807) is 30.6 Å². The zero-order valence-electron chi connectivity index (χ0n) is 8.01. The Morgan fingerprint density at radius 3 is 2.60 bits per heavy atom. The van der Waals surface area contributed by atoms with Crippen molar-refractivity contribution >= 4 is 17.4 Å². The van der Waals surface area contributed by atoms with Crippen molar-refractivity contribution in [2.24, 2.45) is 0 Å². The maximum atomic E-state index is 11.4. The van der Waals surface area contributed by atoms with E-state index in [1.165, 1.54) is 11.7 Å². The number of hydrogen-bond acceptors (Lipinski definition) is 3. The summed E-state index contributed by atoms with van der Waals surface area (Å²) in [6, 6.07) is 5.04. The summed E-state index contributed by atoms with van der Waals surface area (Å²) in [5, 5.41) is 8.46. The quantitative estimate of drug-likeness (QED) is 0.730. The van der Waals surface area contributed by atoms with Gasteiger partial charge in [0.15, 0.2) is 5.78 Å². The number of benzene rings is 1. The van der Waals surface area contributed by atoms with E-state index in [4.69, 9.17) is 11.6 Å². The average molecular weight is 222 g/mol. The van der Waals surface area contributed by atoms with Crippen LogP contribution >= 0.6 is 11.6 Å². The monoisotopic (exact) mass is 221 g/mol. The fourth-order valence-electron chi connectivity index (χ4n) is 1.30. The predicted molar refractivity (Wildman–Crippen MR) is 56.4 cm³/mol. The second-order valence-corrected chi connectivity index (χ2v) is 3.47. The molecule has 0 radical (unpaired) electrons. The van der Waals surface area contributed by atoms with Crippen molar-refractivity contribution in [1.82, 2.24) is 15.0 Å². The Labute approximate surface area is 91.5 Å². The number of aromatic nitrogens is 3. The molecule has 0 atom stereocenters. The van der Waals surface area contributed by atoms with E-state index in [2.05, 4.69) is 10.2 Å². The Morgan fingerprint density at radius 2 is 2.00 bits per heavy atom. The van der Waals surface area contributed by atoms with Gasteiger partial charge in [0.1, 0.15) is 0 Å². The van der Waals surface area contributed by atoms with Gasteiger partial charge in [-0.2, -0.15) is 15.0 Å². The third-order valence-electron chi connectivity index (χ3n) is 1.97. The van der Waals surface area contributed by atoms with Crippen LogP contribution in [0.1, 0.15) is 17.3 Å². The largest absolute Gasteiger partial charge is 0.294 e. The predicted octanol–water partition coefficient (Wildman–Crippen LogP) is 2.12. The Balaban J connectivity index is 2.61. The summed E-state index contributed by atoms with van der Waals surface area (Å²) in [5.41, 5.74) is 1.15. The van der Waals surface area contributed by atoms with Gasteiger partial charge in [-0.1, -0.05) is 11.6 Å². The van der Waals surface area contributed by atoms with Crippen molar-refractivity contribution in [2.45, 2.75) is 6.92 Å². The number of Topliss-reactive ketones (excluding diaryl/α,β-unsaturated/α-hetero) is 1. The van der Waals surface area contributed by atoms with E-state index in [0.29, 0.717) is 16.3 Å². The van der Waals surface area contributed by atoms with Gasteiger partial charge in [-0.05, 0) is 25.1 Å². The molecule has 2 rings (SSSR count). The number of carbonyl (C=O) groups is 1. The van der Waals surface area contributed by atoms with Crippen LogP contribution in [0.3, 0.4) is 0 Å². The molecule has 0 unspecified atom stereocenters. The fourth-order valence-corrected chi connectivity index (χ4v) is 1.48. The van der Waals surface area contributed by atoms with Crippen molar-refractivity contribution in [3.05, 3.63) is 41.2 Å². The lowest BCUT2D eigenvalue weighted by molar-refractivity contribution is 0.101. The molecule has 0 aliphatic carbocycles. The van der Waals surface area contributed by atoms with Crippen molar-refractivity contribution < 1.29 is 4.79 Å². The summed E-state index contributed by atoms with van der Waals surface area (Å²) in [6.45, 7) is 1.48. The Morgan fingerprint density at radius 1 is 1.33 bits per heavy atom. The summed E-state index contributed by atoms with van der Waals surface area (Å²) >= 11 is 5.82. The second-order valence-electron chi connectivity index (χ2n) is 3.04. The molecule has 0 spiro atoms. The maximum Gasteiger partial charge on any atom is 0.162 e. The van der Waals surface area contributed by atoms with E-state index in [9.17, 15) is 4.79 Å². The molecular weight excluding hydrogens is 214 g/mol. The highest BCUT2D eigenvalue weighted by atomic mass is 35.5. The second kappa shape index (κ2) is 3.82. The van der Waals surface area contributed by atoms with Gasteiger partial charge in [0.05, 0.1) is 18.1 Å². The molecule has 1 aromatic carbocycles. The highest BCUT2D eigenvalue weighted by Gasteiger charge is 2.10. The molecule has 0 saturated carbocycles. The number of nitrogens with zero attached hydrogens (tertiary/aromatic N) is 3. The van der Waals surface area contributed by atoms with E-state index < -0.39 is 0 Å². The van der Waals surface area contributed by atoms with Gasteiger partial charge in [-0.15, -0.1) is 0 Å². The van der Waals surface area contributed by atoms with Crippen LogP contribution in [0.5, 0.6) is 0 Å². The smallest absolute Gasteiger partial charge is 0.162 e. The first-order chi connectivity index (χ1) is 7.18. The minimum absolute atomic E-state index is 0.0650. The van der Waals surface area contributed by atoms with E-state index in [0.717, 1.165) is 0 Å². The van der Waals surface area contributed by atoms with E-state index >= 15 is 0 Å². The molecule has 15 heavy (non-hydrogen) atoms. The molecule has 5 heteroatoms. The van der Waals surface area contributed by atoms with E-state index in [1.807, 2.05) is 0 Å². The van der Waals surface area contributed by atoms with Crippen LogP contribution in [-0.4, -0.2) is 20.8 Å². The summed E-state index contributed by atoms with van der Waals surface area (Å²) in [4.78, 5) is 12.8. The number of hydrogen-bond donors (Lipinski definition) is 0. The highest BCUT2D eigenvalue weighted by molar-refractivity contribution is 6.31. The third kappa shape index (κ3) is 1.89. The number of ketones is 1. The molecule has 0 amide bonds. The Hall–Kier alpha value is -1.68. The molecule has 0 N–H and O–H groups in total. The minimum atomic E-state index is -0.0650. The Kier molecular flexibility index (Phi) is 2.51. The van der Waals surface area contributed by atoms with Crippen molar-refractivity contribution in [3.8, 4) is 5.69 Å². The first-order valence-corrected chi connectivity index (χ1v) is 4.73. The molecule has 1 heterocycles. The first kappa shape index (κ1) is 9.86. The van der Waals surface area contributed by atoms with Gasteiger partial charge < -0.3 is 0 Å². The van der Waals surface area contributed by atoms with Crippen LogP contribution in [0.4, 0.5) is 0 Å². The van der Waals surface area contributed by atoms with Gasteiger partial charge >= 0.3 is 0 Å². The van der Waals surface area contributed by atoms with Crippen LogP contribution in [-0.2, 0) is 0 Å². The molecule has 0 saturated heterocycles. The molecule has 4 nitrogen and oxygen atoms in total. The lowest BCUT2D eigenvalue weighted by Crippen LogP contribution is -2.06. The average Bonchev–Trinajstić information content (AvgIpc) is 2.70. The van der Waals surface area contributed by atoms with Crippen LogP contribution in [0.25, 0.3) is 5.69 Å². The molecule has 0 aliphatic rings. The molecule has 0 bridgehead atoms. The molecule has 0 aliphatic heterocycles. The van der Waals surface area contributed by atoms with Gasteiger partial charge in [0, 0.05) is 10.6 Å². The topological polar surface area (TPSA) is 47.8 Å². The maximum absolute atomic E-state index is 11.4. The van der Waals surface area contributed by atoms with Crippen LogP contribution in [0.2, 0.25) is 5.02 Å². The summed E-state index contributed by atoms with van der Waals surface area (Å²) < 4.78 is 0. The number of rotatable bonds is 2. The fraction of sp³-hybridized carbons (Fsp3) is 0.100. The molecule has 2 aromatic rings. The lowest BCUT2D eigenvalue weighted by atomic mass is 10.1. The zero-order chi connectivity index (χ0) is 10.8. The van der Waals surface area contributed by atoms with Gasteiger partial charge in [-0.3, -0.25) is 4.79 Å². The van der Waals surface area contributed by atoms with Crippen molar-refractivity contribution in [1.29, 1.82) is 0 Å². The summed E-state index contributed by atoms with van der Waals surface area (Å²) in [6.07, 6.45) is 3.11. The van der Waals surface area contributed by atoms with Crippen LogP contribution in [0.15, 0.2) is 30.6 Å². The van der Waals surface area contributed by atoms with Crippen LogP contribution in [0, 0.1) is 0 Å². The lowest BCUT2D eigenvalue weighted by Gasteiger charge is -2.05. The van der Waals surface area contributed by atoms with Gasteiger partial charge in [-0.25, -0.2) is 0 Å². The normalized spacial score (nSPS) is 10.3. The highest BCUT2D eigenvalue weighted by Crippen LogP contribution is 2.18. The minimum Gasteiger partial charge on any atom is -0.294 e. The number of carbonyl (C=O) groups excluding carboxylic acids is 1. The Bertz CT molecular complexity index is 493. The molecular formula is C10H8ClN3O. The van der Waals surface area contributed by atoms with Gasteiger partial charge in [0.2, 0.25) is 0 Å². The molecule has 76 valence electrons. The number of halogens is 1. The zero-order valence-corrected chi connectivity index (χ0v) is 8.77. The SMILES string of the molecule is CC(=O)c1cc(Cl)ccc1-n1nccn1. The van der Waals surface area contributed by atoms with Crippen LogP contribution < -0.4 is 0 Å². The van der Waals surface area contributed by atoms with Crippen molar-refractivity contribution in [3.63, 3.8) is 0 Å². The van der Waals surface area contributed by atoms with Gasteiger partial charge in [0.25, 0.3) is 0 Å². The third-order valence-corrected chi connectivity index (χ3v) is 2.21. The molecule has 0 fully saturated rings. The molecule has 1 aromatic heterocycles. The summed E-state index contributed by atoms with van der Waals surface area (Å²) in [7, 11) is 0. The van der Waals surface area contributed by atoms with Crippen molar-refractivity contribution in [2.75, 3.05) is 0 Å². The first-order valence-electron chi connectivity index (χ1n) is 4.35.